The molecule has 0 radical (unpaired) electrons. The Hall–Kier alpha value is -2.50. The van der Waals surface area contributed by atoms with Crippen molar-refractivity contribution in [3.63, 3.8) is 0 Å². The topological polar surface area (TPSA) is 62.2 Å². The highest BCUT2D eigenvalue weighted by molar-refractivity contribution is 5.91. The number of pyridine rings is 1. The number of carbonyl (C=O) groups is 1. The maximum Gasteiger partial charge on any atom is 0.273 e. The molecule has 1 atom stereocenters. The minimum Gasteiger partial charge on any atom is -0.352 e. The van der Waals surface area contributed by atoms with Crippen molar-refractivity contribution in [3.05, 3.63) is 48.2 Å². The number of aromatic nitrogens is 3. The van der Waals surface area contributed by atoms with E-state index in [2.05, 4.69) is 26.8 Å². The number of hydrogen-bond donors (Lipinski definition) is 0. The quantitative estimate of drug-likeness (QED) is 0.799. The van der Waals surface area contributed by atoms with Gasteiger partial charge in [0.2, 0.25) is 0 Å². The summed E-state index contributed by atoms with van der Waals surface area (Å²) in [6, 6.07) is 4.47. The number of piperidine rings is 1. The van der Waals surface area contributed by atoms with Crippen LogP contribution in [0.3, 0.4) is 0 Å². The highest BCUT2D eigenvalue weighted by Crippen LogP contribution is 2.24. The van der Waals surface area contributed by atoms with E-state index in [0.29, 0.717) is 18.3 Å². The summed E-state index contributed by atoms with van der Waals surface area (Å²) in [7, 11) is 1.80. The van der Waals surface area contributed by atoms with Gasteiger partial charge in [0, 0.05) is 38.6 Å². The molecule has 1 amide bonds. The predicted octanol–water partition coefficient (Wildman–Crippen LogP) is 2.96. The fourth-order valence-electron chi connectivity index (χ4n) is 3.45. The van der Waals surface area contributed by atoms with Gasteiger partial charge in [-0.15, -0.1) is 0 Å². The molecule has 138 valence electrons. The Kier molecular flexibility index (Phi) is 6.15. The van der Waals surface area contributed by atoms with Crippen LogP contribution in [0.1, 0.15) is 48.7 Å². The zero-order chi connectivity index (χ0) is 18.4. The third-order valence-electron chi connectivity index (χ3n) is 5.08. The van der Waals surface area contributed by atoms with Crippen molar-refractivity contribution in [1.82, 2.24) is 19.9 Å². The molecule has 0 N–H and O–H groups in total. The summed E-state index contributed by atoms with van der Waals surface area (Å²) in [5.74, 6) is 0.788. The average Bonchev–Trinajstić information content (AvgIpc) is 2.72. The Morgan fingerprint density at radius 2 is 2.04 bits per heavy atom. The lowest BCUT2D eigenvalue weighted by molar-refractivity contribution is 0.0790. The summed E-state index contributed by atoms with van der Waals surface area (Å²) in [4.78, 5) is 29.5. The third kappa shape index (κ3) is 4.36. The number of nitrogens with zero attached hydrogens (tertiary/aromatic N) is 5. The van der Waals surface area contributed by atoms with Crippen LogP contribution < -0.4 is 4.90 Å². The van der Waals surface area contributed by atoms with Crippen molar-refractivity contribution in [2.45, 2.75) is 45.1 Å². The Morgan fingerprint density at radius 3 is 2.73 bits per heavy atom. The second-order valence-corrected chi connectivity index (χ2v) is 6.84. The first-order chi connectivity index (χ1) is 12.7. The molecule has 2 aromatic heterocycles. The molecule has 0 spiro atoms. The normalized spacial score (nSPS) is 17.2. The van der Waals surface area contributed by atoms with Gasteiger partial charge in [-0.3, -0.25) is 9.78 Å². The van der Waals surface area contributed by atoms with Crippen LogP contribution in [0.2, 0.25) is 0 Å². The second kappa shape index (κ2) is 8.74. The van der Waals surface area contributed by atoms with Gasteiger partial charge in [-0.05, 0) is 49.8 Å². The van der Waals surface area contributed by atoms with Crippen LogP contribution in [0.4, 0.5) is 5.82 Å². The van der Waals surface area contributed by atoms with Crippen LogP contribution in [0.15, 0.2) is 36.9 Å². The van der Waals surface area contributed by atoms with E-state index in [4.69, 9.17) is 0 Å². The van der Waals surface area contributed by atoms with Crippen LogP contribution in [-0.4, -0.2) is 51.9 Å². The second-order valence-electron chi connectivity index (χ2n) is 6.84. The van der Waals surface area contributed by atoms with Crippen LogP contribution >= 0.6 is 0 Å². The molecule has 3 rings (SSSR count). The first-order valence-corrected chi connectivity index (χ1v) is 9.42. The number of likely N-dealkylation sites (N-methyl/N-ethyl adjacent to an activating group) is 1. The van der Waals surface area contributed by atoms with E-state index >= 15 is 0 Å². The van der Waals surface area contributed by atoms with Gasteiger partial charge in [0.15, 0.2) is 0 Å². The van der Waals surface area contributed by atoms with Crippen molar-refractivity contribution < 1.29 is 4.79 Å². The van der Waals surface area contributed by atoms with E-state index < -0.39 is 0 Å². The largest absolute Gasteiger partial charge is 0.352 e. The summed E-state index contributed by atoms with van der Waals surface area (Å²) in [6.45, 7) is 3.87. The zero-order valence-electron chi connectivity index (χ0n) is 15.6. The molecular formula is C20H27N5O. The molecule has 6 heteroatoms. The van der Waals surface area contributed by atoms with Crippen LogP contribution in [0, 0.1) is 0 Å². The highest BCUT2D eigenvalue weighted by atomic mass is 16.2. The molecule has 0 aliphatic carbocycles. The van der Waals surface area contributed by atoms with Crippen molar-refractivity contribution in [2.75, 3.05) is 25.0 Å². The Labute approximate surface area is 155 Å². The standard InChI is InChI=1S/C20H27N5O/c1-3-17-6-4-5-12-25(17)19-15-22-18(14-23-19)20(26)24(2)13-9-16-7-10-21-11-8-16/h7-8,10-11,14-15,17H,3-6,9,12-13H2,1-2H3. The highest BCUT2D eigenvalue weighted by Gasteiger charge is 2.23. The van der Waals surface area contributed by atoms with Gasteiger partial charge in [0.25, 0.3) is 5.91 Å². The smallest absolute Gasteiger partial charge is 0.273 e. The van der Waals surface area contributed by atoms with Gasteiger partial charge in [-0.25, -0.2) is 9.97 Å². The lowest BCUT2D eigenvalue weighted by Crippen LogP contribution is -2.39. The maximum absolute atomic E-state index is 12.6. The molecule has 0 saturated carbocycles. The Bertz CT molecular complexity index is 704. The van der Waals surface area contributed by atoms with Gasteiger partial charge < -0.3 is 9.80 Å². The molecule has 2 aromatic rings. The molecular weight excluding hydrogens is 326 g/mol. The van der Waals surface area contributed by atoms with Crippen molar-refractivity contribution in [3.8, 4) is 0 Å². The molecule has 0 bridgehead atoms. The summed E-state index contributed by atoms with van der Waals surface area (Å²) in [5.41, 5.74) is 1.56. The third-order valence-corrected chi connectivity index (χ3v) is 5.08. The van der Waals surface area contributed by atoms with Gasteiger partial charge >= 0.3 is 0 Å². The molecule has 1 aliphatic rings. The van der Waals surface area contributed by atoms with Crippen LogP contribution in [0.5, 0.6) is 0 Å². The Balaban J connectivity index is 1.61. The summed E-state index contributed by atoms with van der Waals surface area (Å²) < 4.78 is 0. The summed E-state index contributed by atoms with van der Waals surface area (Å²) in [5, 5.41) is 0. The first kappa shape index (κ1) is 18.3. The molecule has 1 fully saturated rings. The SMILES string of the molecule is CCC1CCCCN1c1cnc(C(=O)N(C)CCc2ccncc2)cn1. The van der Waals surface area contributed by atoms with Crippen molar-refractivity contribution >= 4 is 11.7 Å². The van der Waals surface area contributed by atoms with Crippen LogP contribution in [0.25, 0.3) is 0 Å². The van der Waals surface area contributed by atoms with E-state index in [-0.39, 0.29) is 5.91 Å². The summed E-state index contributed by atoms with van der Waals surface area (Å²) in [6.07, 6.45) is 12.5. The minimum atomic E-state index is -0.0937. The average molecular weight is 353 g/mol. The van der Waals surface area contributed by atoms with Crippen molar-refractivity contribution in [2.24, 2.45) is 0 Å². The summed E-state index contributed by atoms with van der Waals surface area (Å²) >= 11 is 0. The van der Waals surface area contributed by atoms with E-state index in [9.17, 15) is 4.79 Å². The van der Waals surface area contributed by atoms with Gasteiger partial charge in [0.1, 0.15) is 11.5 Å². The predicted molar refractivity (Wildman–Crippen MR) is 102 cm³/mol. The van der Waals surface area contributed by atoms with E-state index in [1.807, 2.05) is 12.1 Å². The lowest BCUT2D eigenvalue weighted by atomic mass is 10.0. The van der Waals surface area contributed by atoms with Crippen molar-refractivity contribution in [1.29, 1.82) is 0 Å². The van der Waals surface area contributed by atoms with Gasteiger partial charge in [-0.2, -0.15) is 0 Å². The maximum atomic E-state index is 12.6. The minimum absolute atomic E-state index is 0.0937. The van der Waals surface area contributed by atoms with E-state index in [0.717, 1.165) is 30.8 Å². The molecule has 0 aromatic carbocycles. The van der Waals surface area contributed by atoms with Crippen LogP contribution in [-0.2, 0) is 6.42 Å². The Morgan fingerprint density at radius 1 is 1.23 bits per heavy atom. The first-order valence-electron chi connectivity index (χ1n) is 9.42. The monoisotopic (exact) mass is 353 g/mol. The number of rotatable bonds is 6. The van der Waals surface area contributed by atoms with E-state index in [1.165, 1.54) is 19.3 Å². The molecule has 1 aliphatic heterocycles. The molecule has 6 nitrogen and oxygen atoms in total. The molecule has 1 saturated heterocycles. The van der Waals surface area contributed by atoms with E-state index in [1.54, 1.807) is 36.7 Å². The fraction of sp³-hybridized carbons (Fsp3) is 0.500. The number of hydrogen-bond acceptors (Lipinski definition) is 5. The molecule has 26 heavy (non-hydrogen) atoms. The fourth-order valence-corrected chi connectivity index (χ4v) is 3.45. The molecule has 3 heterocycles. The number of carbonyl (C=O) groups excluding carboxylic acids is 1. The molecule has 1 unspecified atom stereocenters. The zero-order valence-corrected chi connectivity index (χ0v) is 15.6. The number of anilines is 1. The van der Waals surface area contributed by atoms with Gasteiger partial charge in [-0.1, -0.05) is 6.92 Å². The lowest BCUT2D eigenvalue weighted by Gasteiger charge is -2.36. The number of amides is 1. The van der Waals surface area contributed by atoms with Gasteiger partial charge in [0.05, 0.1) is 12.4 Å².